The molecule has 0 spiro atoms. The zero-order chi connectivity index (χ0) is 15.5. The van der Waals surface area contributed by atoms with Crippen LogP contribution in [0.4, 0.5) is 23.7 Å². The van der Waals surface area contributed by atoms with Gasteiger partial charge in [-0.2, -0.15) is 13.2 Å². The van der Waals surface area contributed by atoms with Gasteiger partial charge < -0.3 is 15.8 Å². The molecule has 1 aliphatic heterocycles. The molecule has 8 heteroatoms. The first-order chi connectivity index (χ1) is 9.86. The number of ether oxygens (including phenoxy) is 1. The van der Waals surface area contributed by atoms with Crippen LogP contribution in [-0.2, 0) is 17.5 Å². The predicted octanol–water partition coefficient (Wildman–Crippen LogP) is 2.03. The van der Waals surface area contributed by atoms with Crippen LogP contribution >= 0.6 is 0 Å². The number of morpholine rings is 1. The van der Waals surface area contributed by atoms with Crippen molar-refractivity contribution in [1.82, 2.24) is 4.90 Å². The summed E-state index contributed by atoms with van der Waals surface area (Å²) in [5, 5.41) is 2.15. The first-order valence-corrected chi connectivity index (χ1v) is 6.43. The standard InChI is InChI=1S/C13H16F3N3O2/c14-13(15,16)11-7-10(18-12(17)20)2-1-9(11)8-19-3-5-21-6-4-19/h1-2,7H,3-6,8H2,(H3,17,18,20). The Morgan fingerprint density at radius 3 is 2.57 bits per heavy atom. The number of hydrogen-bond acceptors (Lipinski definition) is 3. The number of rotatable bonds is 3. The Labute approximate surface area is 119 Å². The second kappa shape index (κ2) is 6.31. The lowest BCUT2D eigenvalue weighted by atomic mass is 10.0. The van der Waals surface area contributed by atoms with Crippen molar-refractivity contribution in [2.75, 3.05) is 31.6 Å². The smallest absolute Gasteiger partial charge is 0.379 e. The molecule has 2 rings (SSSR count). The fourth-order valence-electron chi connectivity index (χ4n) is 2.20. The van der Waals surface area contributed by atoms with Gasteiger partial charge in [-0.3, -0.25) is 4.90 Å². The number of benzene rings is 1. The highest BCUT2D eigenvalue weighted by Gasteiger charge is 2.34. The minimum atomic E-state index is -4.49. The molecule has 21 heavy (non-hydrogen) atoms. The molecule has 0 radical (unpaired) electrons. The molecular formula is C13H16F3N3O2. The van der Waals surface area contributed by atoms with E-state index in [1.54, 1.807) is 0 Å². The molecule has 116 valence electrons. The van der Waals surface area contributed by atoms with Crippen molar-refractivity contribution in [3.63, 3.8) is 0 Å². The molecule has 0 atom stereocenters. The number of urea groups is 1. The van der Waals surface area contributed by atoms with Crippen molar-refractivity contribution in [2.45, 2.75) is 12.7 Å². The van der Waals surface area contributed by atoms with Gasteiger partial charge in [-0.25, -0.2) is 4.79 Å². The van der Waals surface area contributed by atoms with Crippen molar-refractivity contribution >= 4 is 11.7 Å². The minimum Gasteiger partial charge on any atom is -0.379 e. The summed E-state index contributed by atoms with van der Waals surface area (Å²) in [4.78, 5) is 12.6. The number of nitrogens with two attached hydrogens (primary N) is 1. The van der Waals surface area contributed by atoms with Crippen LogP contribution in [0.2, 0.25) is 0 Å². The lowest BCUT2D eigenvalue weighted by Crippen LogP contribution is -2.36. The molecule has 1 aliphatic rings. The van der Waals surface area contributed by atoms with Gasteiger partial charge in [0.2, 0.25) is 0 Å². The maximum atomic E-state index is 13.1. The molecule has 3 N–H and O–H groups in total. The highest BCUT2D eigenvalue weighted by molar-refractivity contribution is 5.87. The number of carbonyl (C=O) groups is 1. The first-order valence-electron chi connectivity index (χ1n) is 6.43. The predicted molar refractivity (Wildman–Crippen MR) is 70.7 cm³/mol. The lowest BCUT2D eigenvalue weighted by molar-refractivity contribution is -0.138. The van der Waals surface area contributed by atoms with E-state index in [9.17, 15) is 18.0 Å². The maximum absolute atomic E-state index is 13.1. The van der Waals surface area contributed by atoms with Crippen LogP contribution in [0.15, 0.2) is 18.2 Å². The highest BCUT2D eigenvalue weighted by Crippen LogP contribution is 2.34. The van der Waals surface area contributed by atoms with Crippen LogP contribution in [-0.4, -0.2) is 37.2 Å². The molecule has 1 aromatic carbocycles. The van der Waals surface area contributed by atoms with E-state index in [-0.39, 0.29) is 17.8 Å². The van der Waals surface area contributed by atoms with Gasteiger partial charge in [-0.1, -0.05) is 6.07 Å². The van der Waals surface area contributed by atoms with Crippen LogP contribution in [0.5, 0.6) is 0 Å². The van der Waals surface area contributed by atoms with Gasteiger partial charge in [0.25, 0.3) is 0 Å². The first kappa shape index (κ1) is 15.6. The van der Waals surface area contributed by atoms with Crippen molar-refractivity contribution < 1.29 is 22.7 Å². The second-order valence-electron chi connectivity index (χ2n) is 4.75. The van der Waals surface area contributed by atoms with Crippen molar-refractivity contribution in [1.29, 1.82) is 0 Å². The number of nitrogens with one attached hydrogen (secondary N) is 1. The second-order valence-corrected chi connectivity index (χ2v) is 4.75. The third kappa shape index (κ3) is 4.33. The highest BCUT2D eigenvalue weighted by atomic mass is 19.4. The molecule has 0 aromatic heterocycles. The molecule has 1 fully saturated rings. The monoisotopic (exact) mass is 303 g/mol. The summed E-state index contributed by atoms with van der Waals surface area (Å²) in [6, 6.07) is 2.78. The fraction of sp³-hybridized carbons (Fsp3) is 0.462. The summed E-state index contributed by atoms with van der Waals surface area (Å²) in [5.41, 5.74) is 4.35. The summed E-state index contributed by atoms with van der Waals surface area (Å²) < 4.78 is 44.6. The fourth-order valence-corrected chi connectivity index (χ4v) is 2.20. The average Bonchev–Trinajstić information content (AvgIpc) is 2.40. The molecule has 1 aromatic rings. The molecule has 1 heterocycles. The average molecular weight is 303 g/mol. The van der Waals surface area contributed by atoms with Gasteiger partial charge >= 0.3 is 12.2 Å². The van der Waals surface area contributed by atoms with Gasteiger partial charge in [0.1, 0.15) is 0 Å². The molecule has 0 unspecified atom stereocenters. The van der Waals surface area contributed by atoms with Crippen LogP contribution in [0.25, 0.3) is 0 Å². The number of primary amides is 1. The molecule has 1 saturated heterocycles. The molecular weight excluding hydrogens is 287 g/mol. The molecule has 0 saturated carbocycles. The van der Waals surface area contributed by atoms with Crippen molar-refractivity contribution in [2.24, 2.45) is 5.73 Å². The van der Waals surface area contributed by atoms with E-state index < -0.39 is 17.8 Å². The number of halogens is 3. The van der Waals surface area contributed by atoms with E-state index in [4.69, 9.17) is 10.5 Å². The number of amides is 2. The molecule has 2 amide bonds. The van der Waals surface area contributed by atoms with E-state index >= 15 is 0 Å². The normalized spacial score (nSPS) is 16.7. The van der Waals surface area contributed by atoms with E-state index in [0.29, 0.717) is 26.3 Å². The Morgan fingerprint density at radius 1 is 1.33 bits per heavy atom. The van der Waals surface area contributed by atoms with Gasteiger partial charge in [0.05, 0.1) is 18.8 Å². The van der Waals surface area contributed by atoms with Crippen LogP contribution in [0, 0.1) is 0 Å². The van der Waals surface area contributed by atoms with Crippen LogP contribution in [0.1, 0.15) is 11.1 Å². The van der Waals surface area contributed by atoms with Crippen LogP contribution < -0.4 is 11.1 Å². The number of hydrogen-bond donors (Lipinski definition) is 2. The number of carbonyl (C=O) groups excluding carboxylic acids is 1. The number of alkyl halides is 3. The largest absolute Gasteiger partial charge is 0.416 e. The Kier molecular flexibility index (Phi) is 4.69. The molecule has 5 nitrogen and oxygen atoms in total. The van der Waals surface area contributed by atoms with E-state index in [1.807, 2.05) is 4.90 Å². The van der Waals surface area contributed by atoms with Gasteiger partial charge in [-0.15, -0.1) is 0 Å². The maximum Gasteiger partial charge on any atom is 0.416 e. The Hall–Kier alpha value is -1.80. The zero-order valence-electron chi connectivity index (χ0n) is 11.2. The summed E-state index contributed by atoms with van der Waals surface area (Å²) in [7, 11) is 0. The SMILES string of the molecule is NC(=O)Nc1ccc(CN2CCOCC2)c(C(F)(F)F)c1. The minimum absolute atomic E-state index is 0.0283. The van der Waals surface area contributed by atoms with Crippen LogP contribution in [0.3, 0.4) is 0 Å². The third-order valence-corrected chi connectivity index (χ3v) is 3.18. The summed E-state index contributed by atoms with van der Waals surface area (Å²) in [6.07, 6.45) is -4.49. The quantitative estimate of drug-likeness (QED) is 0.898. The Morgan fingerprint density at radius 2 is 2.00 bits per heavy atom. The van der Waals surface area contributed by atoms with E-state index in [1.165, 1.54) is 12.1 Å². The Bertz CT molecular complexity index is 514. The molecule has 0 bridgehead atoms. The third-order valence-electron chi connectivity index (χ3n) is 3.18. The zero-order valence-corrected chi connectivity index (χ0v) is 11.2. The topological polar surface area (TPSA) is 67.6 Å². The summed E-state index contributed by atoms with van der Waals surface area (Å²) in [6.45, 7) is 2.41. The van der Waals surface area contributed by atoms with Gasteiger partial charge in [0.15, 0.2) is 0 Å². The van der Waals surface area contributed by atoms with Crippen molar-refractivity contribution in [3.05, 3.63) is 29.3 Å². The lowest BCUT2D eigenvalue weighted by Gasteiger charge is -2.27. The summed E-state index contributed by atoms with van der Waals surface area (Å²) in [5.74, 6) is 0. The number of anilines is 1. The van der Waals surface area contributed by atoms with E-state index in [0.717, 1.165) is 6.07 Å². The van der Waals surface area contributed by atoms with Gasteiger partial charge in [0, 0.05) is 25.3 Å². The summed E-state index contributed by atoms with van der Waals surface area (Å²) >= 11 is 0. The Balaban J connectivity index is 2.24. The van der Waals surface area contributed by atoms with Crippen molar-refractivity contribution in [3.8, 4) is 0 Å². The number of nitrogens with zero attached hydrogens (tertiary/aromatic N) is 1. The van der Waals surface area contributed by atoms with E-state index in [2.05, 4.69) is 5.32 Å². The van der Waals surface area contributed by atoms with Gasteiger partial charge in [-0.05, 0) is 17.7 Å². The molecule has 0 aliphatic carbocycles.